The molecule has 1 heterocycles. The van der Waals surface area contributed by atoms with E-state index < -0.39 is 12.0 Å². The van der Waals surface area contributed by atoms with Crippen molar-refractivity contribution >= 4 is 23.5 Å². The van der Waals surface area contributed by atoms with E-state index in [-0.39, 0.29) is 12.3 Å². The summed E-state index contributed by atoms with van der Waals surface area (Å²) in [5, 5.41) is 12.4. The highest BCUT2D eigenvalue weighted by Gasteiger charge is 2.30. The molecule has 0 fully saturated rings. The molecule has 0 saturated carbocycles. The van der Waals surface area contributed by atoms with Gasteiger partial charge in [0.15, 0.2) is 0 Å². The van der Waals surface area contributed by atoms with Crippen molar-refractivity contribution in [3.05, 3.63) is 87.9 Å². The van der Waals surface area contributed by atoms with Crippen molar-refractivity contribution in [1.29, 1.82) is 0 Å². The fraction of sp³-hybridized carbons (Fsp3) is 0.167. The molecule has 1 aliphatic heterocycles. The van der Waals surface area contributed by atoms with E-state index in [1.807, 2.05) is 43.3 Å². The summed E-state index contributed by atoms with van der Waals surface area (Å²) in [7, 11) is 0. The van der Waals surface area contributed by atoms with E-state index in [4.69, 9.17) is 21.4 Å². The summed E-state index contributed by atoms with van der Waals surface area (Å²) in [6, 6.07) is 18.6. The maximum Gasteiger partial charge on any atom is 0.305 e. The Kier molecular flexibility index (Phi) is 5.46. The molecular weight excluding hydrogens is 402 g/mol. The summed E-state index contributed by atoms with van der Waals surface area (Å²) in [4.78, 5) is 23.2. The number of carbonyl (C=O) groups excluding carboxylic acids is 1. The summed E-state index contributed by atoms with van der Waals surface area (Å²) >= 11 is 6.06. The van der Waals surface area contributed by atoms with Gasteiger partial charge in [0.2, 0.25) is 0 Å². The third-order valence-corrected chi connectivity index (χ3v) is 5.40. The molecule has 1 unspecified atom stereocenters. The number of carbonyl (C=O) groups is 2. The average molecular weight is 422 g/mol. The molecule has 152 valence electrons. The number of carboxylic acid groups (broad SMARTS) is 1. The number of benzene rings is 3. The maximum atomic E-state index is 12.2. The van der Waals surface area contributed by atoms with E-state index in [0.717, 1.165) is 22.3 Å². The Hall–Kier alpha value is -3.31. The van der Waals surface area contributed by atoms with E-state index in [1.54, 1.807) is 18.2 Å². The van der Waals surface area contributed by atoms with E-state index in [0.29, 0.717) is 28.5 Å². The van der Waals surface area contributed by atoms with Gasteiger partial charge in [-0.15, -0.1) is 0 Å². The first-order valence-electron chi connectivity index (χ1n) is 9.55. The van der Waals surface area contributed by atoms with Crippen molar-refractivity contribution in [2.75, 3.05) is 0 Å². The average Bonchev–Trinajstić information content (AvgIpc) is 3.01. The minimum Gasteiger partial charge on any atom is -0.489 e. The molecule has 0 aromatic heterocycles. The molecule has 0 spiro atoms. The lowest BCUT2D eigenvalue weighted by Gasteiger charge is -2.11. The molecule has 1 atom stereocenters. The number of hydrogen-bond acceptors (Lipinski definition) is 3. The van der Waals surface area contributed by atoms with Gasteiger partial charge in [0.25, 0.3) is 5.91 Å². The van der Waals surface area contributed by atoms with Crippen LogP contribution in [-0.2, 0) is 11.4 Å². The molecule has 5 nitrogen and oxygen atoms in total. The van der Waals surface area contributed by atoms with Gasteiger partial charge >= 0.3 is 5.97 Å². The fourth-order valence-corrected chi connectivity index (χ4v) is 3.95. The molecule has 4 rings (SSSR count). The largest absolute Gasteiger partial charge is 0.489 e. The summed E-state index contributed by atoms with van der Waals surface area (Å²) in [6.07, 6.45) is -0.143. The molecule has 0 radical (unpaired) electrons. The molecule has 0 aliphatic carbocycles. The van der Waals surface area contributed by atoms with Crippen molar-refractivity contribution in [2.24, 2.45) is 0 Å². The van der Waals surface area contributed by atoms with Crippen LogP contribution in [-0.4, -0.2) is 17.0 Å². The Morgan fingerprint density at radius 3 is 2.70 bits per heavy atom. The van der Waals surface area contributed by atoms with Crippen LogP contribution in [0.15, 0.2) is 60.7 Å². The normalized spacial score (nSPS) is 14.9. The monoisotopic (exact) mass is 421 g/mol. The number of carboxylic acids is 1. The van der Waals surface area contributed by atoms with Gasteiger partial charge in [-0.3, -0.25) is 9.59 Å². The predicted octanol–water partition coefficient (Wildman–Crippen LogP) is 5.15. The first-order valence-corrected chi connectivity index (χ1v) is 9.93. The molecule has 1 amide bonds. The van der Waals surface area contributed by atoms with Crippen LogP contribution < -0.4 is 10.1 Å². The van der Waals surface area contributed by atoms with Crippen LogP contribution in [0.25, 0.3) is 11.1 Å². The third kappa shape index (κ3) is 4.16. The van der Waals surface area contributed by atoms with Gasteiger partial charge in [-0.05, 0) is 65.1 Å². The highest BCUT2D eigenvalue weighted by molar-refractivity contribution is 6.30. The van der Waals surface area contributed by atoms with Crippen molar-refractivity contribution in [1.82, 2.24) is 5.32 Å². The van der Waals surface area contributed by atoms with Gasteiger partial charge in [-0.25, -0.2) is 0 Å². The zero-order valence-corrected chi connectivity index (χ0v) is 17.1. The highest BCUT2D eigenvalue weighted by atomic mass is 35.5. The summed E-state index contributed by atoms with van der Waals surface area (Å²) < 4.78 is 5.90. The van der Waals surface area contributed by atoms with Crippen LogP contribution >= 0.6 is 11.6 Å². The summed E-state index contributed by atoms with van der Waals surface area (Å²) in [6.45, 7) is 2.37. The molecule has 30 heavy (non-hydrogen) atoms. The van der Waals surface area contributed by atoms with Crippen LogP contribution in [0.5, 0.6) is 5.75 Å². The van der Waals surface area contributed by atoms with E-state index in [1.165, 1.54) is 0 Å². The van der Waals surface area contributed by atoms with Gasteiger partial charge in [0, 0.05) is 10.6 Å². The van der Waals surface area contributed by atoms with Crippen molar-refractivity contribution in [3.63, 3.8) is 0 Å². The number of halogens is 1. The van der Waals surface area contributed by atoms with E-state index in [9.17, 15) is 9.59 Å². The number of fused-ring (bicyclic) bond motifs is 1. The predicted molar refractivity (Wildman–Crippen MR) is 115 cm³/mol. The Morgan fingerprint density at radius 2 is 1.93 bits per heavy atom. The van der Waals surface area contributed by atoms with Crippen LogP contribution in [0.3, 0.4) is 0 Å². The summed E-state index contributed by atoms with van der Waals surface area (Å²) in [5.41, 5.74) is 5.44. The smallest absolute Gasteiger partial charge is 0.305 e. The Balaban J connectivity index is 1.50. The Morgan fingerprint density at radius 1 is 1.10 bits per heavy atom. The number of nitrogens with one attached hydrogen (secondary N) is 1. The zero-order valence-electron chi connectivity index (χ0n) is 16.3. The second kappa shape index (κ2) is 8.20. The lowest BCUT2D eigenvalue weighted by molar-refractivity contribution is -0.137. The zero-order chi connectivity index (χ0) is 21.3. The van der Waals surface area contributed by atoms with Gasteiger partial charge in [-0.1, -0.05) is 41.9 Å². The van der Waals surface area contributed by atoms with Gasteiger partial charge in [0.05, 0.1) is 12.5 Å². The molecule has 0 saturated heterocycles. The van der Waals surface area contributed by atoms with E-state index >= 15 is 0 Å². The van der Waals surface area contributed by atoms with Gasteiger partial charge in [-0.2, -0.15) is 0 Å². The first kappa shape index (κ1) is 20.0. The lowest BCUT2D eigenvalue weighted by atomic mass is 9.99. The standard InChI is InChI=1S/C24H20ClNO4/c1-14-9-17(25)5-7-19(14)16-4-2-3-15(10-16)13-30-18-6-8-20-21(11-18)24(29)26-22(20)12-23(27)28/h2-11,22H,12-13H2,1H3,(H,26,29)(H,27,28). The molecule has 0 bridgehead atoms. The lowest BCUT2D eigenvalue weighted by Crippen LogP contribution is -2.21. The van der Waals surface area contributed by atoms with Gasteiger partial charge < -0.3 is 15.2 Å². The van der Waals surface area contributed by atoms with Crippen molar-refractivity contribution < 1.29 is 19.4 Å². The van der Waals surface area contributed by atoms with Crippen LogP contribution in [0.4, 0.5) is 0 Å². The SMILES string of the molecule is Cc1cc(Cl)ccc1-c1cccc(COc2ccc3c(c2)C(=O)NC3CC(=O)O)c1. The first-order chi connectivity index (χ1) is 14.4. The van der Waals surface area contributed by atoms with Gasteiger partial charge in [0.1, 0.15) is 12.4 Å². The minimum atomic E-state index is -0.954. The van der Waals surface area contributed by atoms with Crippen LogP contribution in [0.2, 0.25) is 5.02 Å². The number of aryl methyl sites for hydroxylation is 1. The van der Waals surface area contributed by atoms with Crippen molar-refractivity contribution in [2.45, 2.75) is 26.0 Å². The summed E-state index contributed by atoms with van der Waals surface area (Å²) in [5.74, 6) is -0.667. The minimum absolute atomic E-state index is 0.143. The maximum absolute atomic E-state index is 12.2. The van der Waals surface area contributed by atoms with E-state index in [2.05, 4.69) is 11.4 Å². The molecule has 3 aromatic rings. The fourth-order valence-electron chi connectivity index (χ4n) is 3.72. The molecular formula is C24H20ClNO4. The number of hydrogen-bond donors (Lipinski definition) is 2. The number of rotatable bonds is 6. The number of ether oxygens (including phenoxy) is 1. The molecule has 2 N–H and O–H groups in total. The topological polar surface area (TPSA) is 75.6 Å². The Bertz CT molecular complexity index is 1140. The third-order valence-electron chi connectivity index (χ3n) is 5.16. The van der Waals surface area contributed by atoms with Crippen LogP contribution in [0.1, 0.15) is 39.5 Å². The highest BCUT2D eigenvalue weighted by Crippen LogP contribution is 2.31. The second-order valence-electron chi connectivity index (χ2n) is 7.32. The number of aliphatic carboxylic acids is 1. The van der Waals surface area contributed by atoms with Crippen LogP contribution in [0, 0.1) is 6.92 Å². The number of amides is 1. The molecule has 3 aromatic carbocycles. The van der Waals surface area contributed by atoms with Crippen molar-refractivity contribution in [3.8, 4) is 16.9 Å². The molecule has 6 heteroatoms. The Labute approximate surface area is 179 Å². The molecule has 1 aliphatic rings. The quantitative estimate of drug-likeness (QED) is 0.576. The second-order valence-corrected chi connectivity index (χ2v) is 7.76.